The average Bonchev–Trinajstić information content (AvgIpc) is 3.09. The van der Waals surface area contributed by atoms with Gasteiger partial charge in [-0.1, -0.05) is 67.2 Å². The van der Waals surface area contributed by atoms with Crippen molar-refractivity contribution in [3.05, 3.63) is 66.7 Å². The SMILES string of the molecule is CC[C@@H](Sc1nc2ccccc2[nH]1)C(=O)Nc1cccc2ccccc12. The highest BCUT2D eigenvalue weighted by Gasteiger charge is 2.20. The fourth-order valence-corrected chi connectivity index (χ4v) is 3.91. The molecule has 0 aliphatic rings. The third kappa shape index (κ3) is 3.30. The lowest BCUT2D eigenvalue weighted by Crippen LogP contribution is -2.24. The van der Waals surface area contributed by atoms with Crippen LogP contribution in [0.15, 0.2) is 71.9 Å². The van der Waals surface area contributed by atoms with E-state index in [-0.39, 0.29) is 11.2 Å². The van der Waals surface area contributed by atoms with Crippen molar-refractivity contribution in [2.75, 3.05) is 5.32 Å². The molecule has 1 atom stereocenters. The highest BCUT2D eigenvalue weighted by Crippen LogP contribution is 2.28. The zero-order valence-electron chi connectivity index (χ0n) is 14.4. The van der Waals surface area contributed by atoms with Crippen molar-refractivity contribution in [3.8, 4) is 0 Å². The number of amides is 1. The minimum absolute atomic E-state index is 0.00527. The molecule has 4 aromatic rings. The van der Waals surface area contributed by atoms with Gasteiger partial charge in [0, 0.05) is 11.1 Å². The Morgan fingerprint density at radius 3 is 2.69 bits per heavy atom. The van der Waals surface area contributed by atoms with Crippen LogP contribution in [0.1, 0.15) is 13.3 Å². The van der Waals surface area contributed by atoms with Crippen LogP contribution >= 0.6 is 11.8 Å². The maximum absolute atomic E-state index is 12.8. The van der Waals surface area contributed by atoms with Crippen molar-refractivity contribution in [2.45, 2.75) is 23.8 Å². The number of para-hydroxylation sites is 2. The Morgan fingerprint density at radius 2 is 1.85 bits per heavy atom. The summed E-state index contributed by atoms with van der Waals surface area (Å²) < 4.78 is 0. The van der Waals surface area contributed by atoms with Crippen molar-refractivity contribution in [1.82, 2.24) is 9.97 Å². The van der Waals surface area contributed by atoms with E-state index in [0.29, 0.717) is 0 Å². The van der Waals surface area contributed by atoms with Crippen LogP contribution in [0.3, 0.4) is 0 Å². The summed E-state index contributed by atoms with van der Waals surface area (Å²) in [6, 6.07) is 21.9. The number of nitrogens with one attached hydrogen (secondary N) is 2. The number of anilines is 1. The van der Waals surface area contributed by atoms with Gasteiger partial charge in [-0.25, -0.2) is 4.98 Å². The van der Waals surface area contributed by atoms with Crippen LogP contribution in [0.2, 0.25) is 0 Å². The molecule has 4 rings (SSSR count). The van der Waals surface area contributed by atoms with E-state index in [1.165, 1.54) is 11.8 Å². The standard InChI is InChI=1S/C21H19N3OS/c1-2-19(26-21-23-17-11-5-6-12-18(17)24-21)20(25)22-16-13-7-9-14-8-3-4-10-15(14)16/h3-13,19H,2H2,1H3,(H,22,25)(H,23,24)/t19-/m1/s1. The van der Waals surface area contributed by atoms with E-state index in [2.05, 4.69) is 15.3 Å². The minimum atomic E-state index is -0.213. The molecule has 0 aliphatic carbocycles. The Kier molecular flexibility index (Phi) is 4.63. The number of carbonyl (C=O) groups excluding carboxylic acids is 1. The first-order valence-corrected chi connectivity index (χ1v) is 9.52. The van der Waals surface area contributed by atoms with Gasteiger partial charge < -0.3 is 10.3 Å². The minimum Gasteiger partial charge on any atom is -0.333 e. The van der Waals surface area contributed by atoms with E-state index >= 15 is 0 Å². The van der Waals surface area contributed by atoms with Crippen molar-refractivity contribution in [2.24, 2.45) is 0 Å². The molecule has 0 saturated heterocycles. The molecular weight excluding hydrogens is 342 g/mol. The number of hydrogen-bond acceptors (Lipinski definition) is 3. The first-order chi connectivity index (χ1) is 12.7. The Bertz CT molecular complexity index is 1030. The van der Waals surface area contributed by atoms with Gasteiger partial charge in [0.2, 0.25) is 5.91 Å². The van der Waals surface area contributed by atoms with Gasteiger partial charge in [-0.05, 0) is 30.0 Å². The number of fused-ring (bicyclic) bond motifs is 2. The largest absolute Gasteiger partial charge is 0.333 e. The summed E-state index contributed by atoms with van der Waals surface area (Å²) in [6.07, 6.45) is 0.721. The second kappa shape index (κ2) is 7.22. The summed E-state index contributed by atoms with van der Waals surface area (Å²) in [5, 5.41) is 5.81. The fourth-order valence-electron chi connectivity index (χ4n) is 2.99. The Labute approximate surface area is 156 Å². The molecule has 2 N–H and O–H groups in total. The van der Waals surface area contributed by atoms with Crippen LogP contribution < -0.4 is 5.32 Å². The highest BCUT2D eigenvalue weighted by atomic mass is 32.2. The third-order valence-electron chi connectivity index (χ3n) is 4.33. The van der Waals surface area contributed by atoms with Gasteiger partial charge in [0.05, 0.1) is 16.3 Å². The van der Waals surface area contributed by atoms with Crippen molar-refractivity contribution < 1.29 is 4.79 Å². The molecule has 1 amide bonds. The highest BCUT2D eigenvalue weighted by molar-refractivity contribution is 8.00. The smallest absolute Gasteiger partial charge is 0.237 e. The first kappa shape index (κ1) is 16.7. The van der Waals surface area contributed by atoms with Crippen molar-refractivity contribution in [3.63, 3.8) is 0 Å². The summed E-state index contributed by atoms with van der Waals surface area (Å²) in [4.78, 5) is 20.7. The second-order valence-electron chi connectivity index (χ2n) is 6.09. The summed E-state index contributed by atoms with van der Waals surface area (Å²) in [5.74, 6) is -0.00527. The van der Waals surface area contributed by atoms with Gasteiger partial charge in [0.15, 0.2) is 5.16 Å². The molecule has 1 aromatic heterocycles. The summed E-state index contributed by atoms with van der Waals surface area (Å²) >= 11 is 1.47. The number of H-pyrrole nitrogens is 1. The Hall–Kier alpha value is -2.79. The summed E-state index contributed by atoms with van der Waals surface area (Å²) in [6.45, 7) is 2.02. The Balaban J connectivity index is 1.55. The molecule has 26 heavy (non-hydrogen) atoms. The molecule has 0 unspecified atom stereocenters. The number of rotatable bonds is 5. The molecule has 1 heterocycles. The zero-order valence-corrected chi connectivity index (χ0v) is 15.2. The van der Waals surface area contributed by atoms with Crippen molar-refractivity contribution in [1.29, 1.82) is 0 Å². The number of aromatic amines is 1. The zero-order chi connectivity index (χ0) is 17.9. The van der Waals surface area contributed by atoms with Crippen LogP contribution in [0.5, 0.6) is 0 Å². The van der Waals surface area contributed by atoms with Crippen molar-refractivity contribution >= 4 is 45.2 Å². The maximum atomic E-state index is 12.8. The fraction of sp³-hybridized carbons (Fsp3) is 0.143. The Morgan fingerprint density at radius 1 is 1.08 bits per heavy atom. The topological polar surface area (TPSA) is 57.8 Å². The molecule has 0 radical (unpaired) electrons. The first-order valence-electron chi connectivity index (χ1n) is 8.64. The number of benzene rings is 3. The molecule has 0 bridgehead atoms. The van der Waals surface area contributed by atoms with Crippen LogP contribution in [-0.2, 0) is 4.79 Å². The van der Waals surface area contributed by atoms with Gasteiger partial charge in [0.25, 0.3) is 0 Å². The van der Waals surface area contributed by atoms with Gasteiger partial charge in [0.1, 0.15) is 0 Å². The molecule has 130 valence electrons. The molecular formula is C21H19N3OS. The van der Waals surface area contributed by atoms with Crippen LogP contribution in [-0.4, -0.2) is 21.1 Å². The number of thioether (sulfide) groups is 1. The number of aromatic nitrogens is 2. The summed E-state index contributed by atoms with van der Waals surface area (Å²) in [7, 11) is 0. The van der Waals surface area contributed by atoms with E-state index in [1.54, 1.807) is 0 Å². The third-order valence-corrected chi connectivity index (χ3v) is 5.58. The molecule has 0 fully saturated rings. The average molecular weight is 361 g/mol. The van der Waals surface area contributed by atoms with Crippen LogP contribution in [0, 0.1) is 0 Å². The summed E-state index contributed by atoms with van der Waals surface area (Å²) in [5.41, 5.74) is 2.75. The van der Waals surface area contributed by atoms with Crippen LogP contribution in [0.25, 0.3) is 21.8 Å². The van der Waals surface area contributed by atoms with Gasteiger partial charge in [-0.2, -0.15) is 0 Å². The maximum Gasteiger partial charge on any atom is 0.237 e. The van der Waals surface area contributed by atoms with E-state index < -0.39 is 0 Å². The van der Waals surface area contributed by atoms with E-state index in [9.17, 15) is 4.79 Å². The van der Waals surface area contributed by atoms with Gasteiger partial charge in [-0.15, -0.1) is 0 Å². The number of carbonyl (C=O) groups is 1. The van der Waals surface area contributed by atoms with E-state index in [4.69, 9.17) is 0 Å². The van der Waals surface area contributed by atoms with E-state index in [1.807, 2.05) is 73.7 Å². The lowest BCUT2D eigenvalue weighted by Gasteiger charge is -2.14. The van der Waals surface area contributed by atoms with Gasteiger partial charge in [-0.3, -0.25) is 4.79 Å². The van der Waals surface area contributed by atoms with Gasteiger partial charge >= 0.3 is 0 Å². The second-order valence-corrected chi connectivity index (χ2v) is 7.28. The molecule has 3 aromatic carbocycles. The predicted octanol–water partition coefficient (Wildman–Crippen LogP) is 5.23. The number of imidazole rings is 1. The van der Waals surface area contributed by atoms with E-state index in [0.717, 1.165) is 39.1 Å². The lowest BCUT2D eigenvalue weighted by molar-refractivity contribution is -0.115. The molecule has 4 nitrogen and oxygen atoms in total. The predicted molar refractivity (Wildman–Crippen MR) is 109 cm³/mol. The monoisotopic (exact) mass is 361 g/mol. The molecule has 5 heteroatoms. The number of nitrogens with zero attached hydrogens (tertiary/aromatic N) is 1. The van der Waals surface area contributed by atoms with Crippen LogP contribution in [0.4, 0.5) is 5.69 Å². The lowest BCUT2D eigenvalue weighted by atomic mass is 10.1. The normalized spacial score (nSPS) is 12.3. The number of hydrogen-bond donors (Lipinski definition) is 2. The quantitative estimate of drug-likeness (QED) is 0.479. The molecule has 0 saturated carbocycles. The molecule has 0 aliphatic heterocycles. The molecule has 0 spiro atoms.